The van der Waals surface area contributed by atoms with Crippen LogP contribution in [0.5, 0.6) is 0 Å². The molecule has 0 aromatic rings. The van der Waals surface area contributed by atoms with Gasteiger partial charge in [-0.05, 0) is 32.0 Å². The maximum absolute atomic E-state index is 5.11. The van der Waals surface area contributed by atoms with E-state index in [-0.39, 0.29) is 0 Å². The van der Waals surface area contributed by atoms with Gasteiger partial charge in [0, 0.05) is 7.29 Å². The van der Waals surface area contributed by atoms with E-state index in [0.717, 1.165) is 0 Å². The molecule has 0 spiro atoms. The van der Waals surface area contributed by atoms with E-state index in [9.17, 15) is 0 Å². The Bertz CT molecular complexity index is 22.4. The van der Waals surface area contributed by atoms with Gasteiger partial charge in [0.15, 0.2) is 0 Å². The van der Waals surface area contributed by atoms with Crippen LogP contribution in [0.1, 0.15) is 0 Å². The molecule has 0 saturated carbocycles. The second-order valence-corrected chi connectivity index (χ2v) is 11.9. The lowest BCUT2D eigenvalue weighted by molar-refractivity contribution is 4.65. The molecule has 0 saturated heterocycles. The van der Waals surface area contributed by atoms with E-state index in [1.807, 2.05) is 0 Å². The zero-order valence-corrected chi connectivity index (χ0v) is 6.36. The molecule has 0 aromatic heterocycles. The van der Waals surface area contributed by atoms with Crippen LogP contribution >= 0.6 is 47.8 Å². The Kier molecular flexibility index (Phi) is 2.78. The zero-order chi connectivity index (χ0) is 4.50. The summed E-state index contributed by atoms with van der Waals surface area (Å²) in [7, 11) is 15.6. The molecule has 0 rings (SSSR count). The molecule has 0 radical (unpaired) electrons. The number of rotatable bonds is 0. The highest BCUT2D eigenvalue weighted by Gasteiger charge is 1.99. The van der Waals surface area contributed by atoms with E-state index in [1.165, 1.54) is 0 Å². The van der Waals surface area contributed by atoms with Gasteiger partial charge in [-0.25, -0.2) is 0 Å². The lowest BCUT2D eigenvalue weighted by Crippen LogP contribution is -1.31. The quantitative estimate of drug-likeness (QED) is 0.492. The fourth-order valence-corrected chi connectivity index (χ4v) is 0. The second kappa shape index (κ2) is 2.09. The largest absolute Gasteiger partial charge is 0.0502 e. The molecule has 0 aliphatic rings. The summed E-state index contributed by atoms with van der Waals surface area (Å²) in [5, 5.41) is 0. The minimum Gasteiger partial charge on any atom is -0.0502 e. The molecule has 0 heterocycles. The third-order valence-corrected chi connectivity index (χ3v) is 0. The van der Waals surface area contributed by atoms with Crippen molar-refractivity contribution < 1.29 is 0 Å². The average Bonchev–Trinajstić information content (AvgIpc) is 0.722. The minimum absolute atomic E-state index is 1.83. The van der Waals surface area contributed by atoms with Gasteiger partial charge >= 0.3 is 0 Å². The van der Waals surface area contributed by atoms with E-state index < -0.39 is 7.29 Å². The molecule has 0 N–H and O–H groups in total. The fraction of sp³-hybridized carbons (Fsp3) is 0. The Balaban J connectivity index is 3.02. The van der Waals surface area contributed by atoms with Gasteiger partial charge in [0.05, 0.1) is 0 Å². The molecule has 0 amide bonds. The first kappa shape index (κ1) is 6.65. The molecule has 0 fully saturated rings. The first-order valence-corrected chi connectivity index (χ1v) is 6.29. The van der Waals surface area contributed by atoms with Crippen molar-refractivity contribution in [1.29, 1.82) is 0 Å². The van der Waals surface area contributed by atoms with Gasteiger partial charge in [0.1, 0.15) is 0 Å². The molecule has 34 valence electrons. The highest BCUT2D eigenvalue weighted by Crippen LogP contribution is 2.69. The van der Waals surface area contributed by atoms with Crippen LogP contribution in [0.3, 0.4) is 0 Å². The minimum atomic E-state index is -1.83. The van der Waals surface area contributed by atoms with Crippen molar-refractivity contribution in [2.45, 2.75) is 0 Å². The first-order chi connectivity index (χ1) is 2.00. The van der Waals surface area contributed by atoms with Gasteiger partial charge in [0.25, 0.3) is 0 Å². The van der Waals surface area contributed by atoms with Gasteiger partial charge in [-0.15, -0.1) is 0 Å². The number of hydrogen-bond donors (Lipinski definition) is 0. The zero-order valence-electron chi connectivity index (χ0n) is 2.12. The Hall–Kier alpha value is 1.65. The molecular formula is H2Cl3PS. The molecule has 0 aliphatic heterocycles. The van der Waals surface area contributed by atoms with E-state index in [1.54, 1.807) is 0 Å². The fourth-order valence-electron chi connectivity index (χ4n) is 0. The van der Waals surface area contributed by atoms with Crippen molar-refractivity contribution in [3.63, 3.8) is 0 Å². The SMILES string of the molecule is PS(Cl)(Cl)Cl. The van der Waals surface area contributed by atoms with Crippen LogP contribution in [-0.2, 0) is 0 Å². The van der Waals surface area contributed by atoms with Gasteiger partial charge in [-0.2, -0.15) is 0 Å². The van der Waals surface area contributed by atoms with Crippen molar-refractivity contribution in [3.05, 3.63) is 0 Å². The maximum Gasteiger partial charge on any atom is 0.00862 e. The van der Waals surface area contributed by atoms with Crippen LogP contribution in [-0.4, -0.2) is 0 Å². The average molecular weight is 171 g/mol. The molecule has 1 unspecified atom stereocenters. The predicted molar refractivity (Wildman–Crippen MR) is 34.9 cm³/mol. The first-order valence-electron chi connectivity index (χ1n) is 0.699. The summed E-state index contributed by atoms with van der Waals surface area (Å²) in [6.07, 6.45) is 0. The molecule has 5 heteroatoms. The highest BCUT2D eigenvalue weighted by molar-refractivity contribution is 9.02. The van der Waals surface area contributed by atoms with Crippen molar-refractivity contribution in [1.82, 2.24) is 0 Å². The topological polar surface area (TPSA) is 0 Å². The van der Waals surface area contributed by atoms with Gasteiger partial charge < -0.3 is 0 Å². The smallest absolute Gasteiger partial charge is 0.00862 e. The lowest BCUT2D eigenvalue weighted by atomic mass is 30.2. The second-order valence-electron chi connectivity index (χ2n) is 0.442. The van der Waals surface area contributed by atoms with Crippen LogP contribution in [0.25, 0.3) is 0 Å². The third-order valence-electron chi connectivity index (χ3n) is 0. The van der Waals surface area contributed by atoms with E-state index >= 15 is 0 Å². The van der Waals surface area contributed by atoms with Crippen molar-refractivity contribution in [2.24, 2.45) is 0 Å². The van der Waals surface area contributed by atoms with Crippen LogP contribution < -0.4 is 0 Å². The van der Waals surface area contributed by atoms with Crippen LogP contribution in [0.15, 0.2) is 0 Å². The van der Waals surface area contributed by atoms with Gasteiger partial charge in [0.2, 0.25) is 0 Å². The maximum atomic E-state index is 5.11. The van der Waals surface area contributed by atoms with E-state index in [2.05, 4.69) is 8.44 Å². The molecule has 0 nitrogen and oxygen atoms in total. The summed E-state index contributed by atoms with van der Waals surface area (Å²) in [5.41, 5.74) is 0. The number of halogens is 3. The highest BCUT2D eigenvalue weighted by atomic mass is 36.2. The third kappa shape index (κ3) is 27.6. The summed E-state index contributed by atoms with van der Waals surface area (Å²) in [6.45, 7) is 0. The molecule has 1 atom stereocenters. The molecule has 0 bridgehead atoms. The molecule has 0 aromatic carbocycles. The standard InChI is InChI=1S/Cl3H2PS/c1-5(2,3)4/h4H2. The van der Waals surface area contributed by atoms with E-state index in [0.29, 0.717) is 0 Å². The van der Waals surface area contributed by atoms with Crippen LogP contribution in [0.4, 0.5) is 0 Å². The predicted octanol–water partition coefficient (Wildman–Crippen LogP) is 3.04. The van der Waals surface area contributed by atoms with Crippen LogP contribution in [0, 0.1) is 0 Å². The summed E-state index contributed by atoms with van der Waals surface area (Å²) in [6, 6.07) is 0. The Labute approximate surface area is 47.9 Å². The number of hydrogen-bond acceptors (Lipinski definition) is 0. The molecule has 0 aliphatic carbocycles. The van der Waals surface area contributed by atoms with E-state index in [4.69, 9.17) is 32.0 Å². The summed E-state index contributed by atoms with van der Waals surface area (Å²) in [4.78, 5) is 0. The monoisotopic (exact) mass is 170 g/mol. The Morgan fingerprint density at radius 2 is 1.20 bits per heavy atom. The lowest BCUT2D eigenvalue weighted by Gasteiger charge is -2.01. The van der Waals surface area contributed by atoms with Crippen molar-refractivity contribution in [3.8, 4) is 0 Å². The Morgan fingerprint density at radius 3 is 1.20 bits per heavy atom. The van der Waals surface area contributed by atoms with Gasteiger partial charge in [-0.1, -0.05) is 8.44 Å². The van der Waals surface area contributed by atoms with Crippen molar-refractivity contribution >= 4 is 47.8 Å². The molecular weight excluding hydrogens is 169 g/mol. The summed E-state index contributed by atoms with van der Waals surface area (Å²) >= 11 is 0. The molecule has 5 heavy (non-hydrogen) atoms. The van der Waals surface area contributed by atoms with Crippen molar-refractivity contribution in [2.75, 3.05) is 0 Å². The normalized spacial score (nSPS) is 15.2. The summed E-state index contributed by atoms with van der Waals surface area (Å²) in [5.74, 6) is 0. The summed E-state index contributed by atoms with van der Waals surface area (Å²) < 4.78 is 0. The van der Waals surface area contributed by atoms with Gasteiger partial charge in [-0.3, -0.25) is 0 Å². The van der Waals surface area contributed by atoms with Crippen LogP contribution in [0.2, 0.25) is 0 Å². The Morgan fingerprint density at radius 1 is 1.20 bits per heavy atom.